The summed E-state index contributed by atoms with van der Waals surface area (Å²) in [6.45, 7) is 10.1. The van der Waals surface area contributed by atoms with E-state index < -0.39 is 18.0 Å². The van der Waals surface area contributed by atoms with E-state index in [1.807, 2.05) is 6.07 Å². The third kappa shape index (κ3) is 5.57. The Morgan fingerprint density at radius 1 is 1.32 bits per heavy atom. The second kappa shape index (κ2) is 6.35. The quantitative estimate of drug-likeness (QED) is 0.863. The van der Waals surface area contributed by atoms with Crippen molar-refractivity contribution < 1.29 is 14.2 Å². The van der Waals surface area contributed by atoms with Crippen LogP contribution >= 0.6 is 0 Å². The maximum absolute atomic E-state index is 13.9. The predicted molar refractivity (Wildman–Crippen MR) is 74.8 cm³/mol. The van der Waals surface area contributed by atoms with Gasteiger partial charge in [-0.05, 0) is 52.3 Å². The molecule has 0 amide bonds. The van der Waals surface area contributed by atoms with Gasteiger partial charge in [-0.15, -0.1) is 0 Å². The molecule has 0 saturated heterocycles. The van der Waals surface area contributed by atoms with Gasteiger partial charge in [0.05, 0.1) is 6.10 Å². The van der Waals surface area contributed by atoms with E-state index in [1.54, 1.807) is 19.9 Å². The Morgan fingerprint density at radius 3 is 2.42 bits per heavy atom. The van der Waals surface area contributed by atoms with Crippen LogP contribution in [0, 0.1) is 5.82 Å². The molecule has 2 unspecified atom stereocenters. The molecule has 2 atom stereocenters. The van der Waals surface area contributed by atoms with E-state index in [4.69, 9.17) is 4.74 Å². The highest BCUT2D eigenvalue weighted by molar-refractivity contribution is 5.29. The van der Waals surface area contributed by atoms with Gasteiger partial charge < -0.3 is 15.2 Å². The van der Waals surface area contributed by atoms with Crippen LogP contribution in [0.4, 0.5) is 4.39 Å². The van der Waals surface area contributed by atoms with E-state index in [0.29, 0.717) is 6.54 Å². The third-order valence-corrected chi connectivity index (χ3v) is 2.81. The van der Waals surface area contributed by atoms with Gasteiger partial charge in [-0.1, -0.05) is 6.07 Å². The number of aliphatic hydroxyl groups excluding tert-OH is 1. The van der Waals surface area contributed by atoms with Crippen LogP contribution in [-0.2, 0) is 6.54 Å². The van der Waals surface area contributed by atoms with Crippen LogP contribution in [0.1, 0.15) is 40.2 Å². The normalized spacial score (nSPS) is 15.1. The summed E-state index contributed by atoms with van der Waals surface area (Å²) in [5, 5.41) is 12.6. The molecule has 0 radical (unpaired) electrons. The third-order valence-electron chi connectivity index (χ3n) is 2.81. The zero-order chi connectivity index (χ0) is 14.6. The molecule has 19 heavy (non-hydrogen) atoms. The Balaban J connectivity index is 2.69. The van der Waals surface area contributed by atoms with Crippen molar-refractivity contribution in [2.45, 2.75) is 58.9 Å². The molecule has 1 aromatic carbocycles. The first-order valence-electron chi connectivity index (χ1n) is 6.57. The van der Waals surface area contributed by atoms with E-state index >= 15 is 0 Å². The minimum Gasteiger partial charge on any atom is -0.485 e. The molecule has 1 aromatic rings. The minimum atomic E-state index is -0.637. The highest BCUT2D eigenvalue weighted by Crippen LogP contribution is 2.20. The van der Waals surface area contributed by atoms with Gasteiger partial charge in [0.1, 0.15) is 6.10 Å². The smallest absolute Gasteiger partial charge is 0.165 e. The Morgan fingerprint density at radius 2 is 1.95 bits per heavy atom. The average molecular weight is 269 g/mol. The van der Waals surface area contributed by atoms with Crippen LogP contribution in [0.25, 0.3) is 0 Å². The highest BCUT2D eigenvalue weighted by atomic mass is 19.1. The van der Waals surface area contributed by atoms with Crippen LogP contribution in [0.3, 0.4) is 0 Å². The number of ether oxygens (including phenoxy) is 1. The summed E-state index contributed by atoms with van der Waals surface area (Å²) in [6.07, 6.45) is -1.07. The number of halogens is 1. The number of aliphatic hydroxyl groups is 1. The van der Waals surface area contributed by atoms with Crippen molar-refractivity contribution in [3.05, 3.63) is 29.6 Å². The Hall–Kier alpha value is -1.13. The predicted octanol–water partition coefficient (Wildman–Crippen LogP) is 2.86. The molecule has 1 rings (SSSR count). The molecular weight excluding hydrogens is 245 g/mol. The largest absolute Gasteiger partial charge is 0.485 e. The molecule has 0 spiro atoms. The Labute approximate surface area is 114 Å². The number of hydrogen-bond acceptors (Lipinski definition) is 3. The fourth-order valence-electron chi connectivity index (χ4n) is 1.42. The topological polar surface area (TPSA) is 41.5 Å². The van der Waals surface area contributed by atoms with Gasteiger partial charge in [0.2, 0.25) is 0 Å². The van der Waals surface area contributed by atoms with Crippen molar-refractivity contribution in [3.8, 4) is 5.75 Å². The second-order valence-corrected chi connectivity index (χ2v) is 5.93. The molecule has 0 fully saturated rings. The van der Waals surface area contributed by atoms with E-state index in [-0.39, 0.29) is 11.3 Å². The van der Waals surface area contributed by atoms with Crippen LogP contribution in [0.15, 0.2) is 18.2 Å². The molecule has 3 nitrogen and oxygen atoms in total. The number of benzene rings is 1. The summed E-state index contributed by atoms with van der Waals surface area (Å²) in [4.78, 5) is 0. The highest BCUT2D eigenvalue weighted by Gasteiger charge is 2.14. The lowest BCUT2D eigenvalue weighted by Gasteiger charge is -2.21. The standard InChI is InChI=1S/C15H24FNO2/c1-10(18)11(2)19-14-7-6-12(8-13(14)16)9-17-15(3,4)5/h6-8,10-11,17-18H,9H2,1-5H3. The van der Waals surface area contributed by atoms with Crippen molar-refractivity contribution in [2.75, 3.05) is 0 Å². The molecule has 0 aliphatic heterocycles. The van der Waals surface area contributed by atoms with Gasteiger partial charge in [0.25, 0.3) is 0 Å². The van der Waals surface area contributed by atoms with Crippen molar-refractivity contribution >= 4 is 0 Å². The molecule has 2 N–H and O–H groups in total. The second-order valence-electron chi connectivity index (χ2n) is 5.93. The molecule has 4 heteroatoms. The first kappa shape index (κ1) is 15.9. The number of nitrogens with one attached hydrogen (secondary N) is 1. The van der Waals surface area contributed by atoms with Crippen molar-refractivity contribution in [2.24, 2.45) is 0 Å². The first-order valence-corrected chi connectivity index (χ1v) is 6.57. The van der Waals surface area contributed by atoms with Crippen molar-refractivity contribution in [1.82, 2.24) is 5.32 Å². The zero-order valence-corrected chi connectivity index (χ0v) is 12.3. The van der Waals surface area contributed by atoms with Crippen molar-refractivity contribution in [3.63, 3.8) is 0 Å². The van der Waals surface area contributed by atoms with Gasteiger partial charge in [-0.2, -0.15) is 0 Å². The van der Waals surface area contributed by atoms with Gasteiger partial charge >= 0.3 is 0 Å². The van der Waals surface area contributed by atoms with Crippen LogP contribution < -0.4 is 10.1 Å². The summed E-state index contributed by atoms with van der Waals surface area (Å²) in [7, 11) is 0. The first-order chi connectivity index (χ1) is 8.69. The zero-order valence-electron chi connectivity index (χ0n) is 12.3. The Kier molecular flexibility index (Phi) is 5.32. The van der Waals surface area contributed by atoms with Crippen LogP contribution in [-0.4, -0.2) is 22.9 Å². The van der Waals surface area contributed by atoms with Crippen molar-refractivity contribution in [1.29, 1.82) is 0 Å². The van der Waals surface area contributed by atoms with E-state index in [0.717, 1.165) is 5.56 Å². The van der Waals surface area contributed by atoms with Gasteiger partial charge in [0, 0.05) is 12.1 Å². The number of rotatable bonds is 5. The molecule has 0 aliphatic carbocycles. The Bertz CT molecular complexity index is 413. The maximum Gasteiger partial charge on any atom is 0.165 e. The molecular formula is C15H24FNO2. The van der Waals surface area contributed by atoms with E-state index in [1.165, 1.54) is 6.07 Å². The summed E-state index contributed by atoms with van der Waals surface area (Å²) in [5.41, 5.74) is 0.858. The van der Waals surface area contributed by atoms with Crippen LogP contribution in [0.5, 0.6) is 5.75 Å². The average Bonchev–Trinajstić information content (AvgIpc) is 2.28. The van der Waals surface area contributed by atoms with Gasteiger partial charge in [0.15, 0.2) is 11.6 Å². The summed E-state index contributed by atoms with van der Waals surface area (Å²) in [6, 6.07) is 4.89. The molecule has 108 valence electrons. The lowest BCUT2D eigenvalue weighted by Crippen LogP contribution is -2.35. The monoisotopic (exact) mass is 269 g/mol. The lowest BCUT2D eigenvalue weighted by atomic mass is 10.1. The van der Waals surface area contributed by atoms with Gasteiger partial charge in [-0.25, -0.2) is 4.39 Å². The fraction of sp³-hybridized carbons (Fsp3) is 0.600. The molecule has 0 aliphatic rings. The fourth-order valence-corrected chi connectivity index (χ4v) is 1.42. The van der Waals surface area contributed by atoms with E-state index in [9.17, 15) is 9.50 Å². The van der Waals surface area contributed by atoms with E-state index in [2.05, 4.69) is 26.1 Å². The van der Waals surface area contributed by atoms with Gasteiger partial charge in [-0.3, -0.25) is 0 Å². The van der Waals surface area contributed by atoms with Crippen LogP contribution in [0.2, 0.25) is 0 Å². The summed E-state index contributed by atoms with van der Waals surface area (Å²) >= 11 is 0. The molecule has 0 saturated carbocycles. The molecule has 0 aromatic heterocycles. The molecule has 0 bridgehead atoms. The lowest BCUT2D eigenvalue weighted by molar-refractivity contribution is 0.0579. The SMILES string of the molecule is CC(O)C(C)Oc1ccc(CNC(C)(C)C)cc1F. The molecule has 0 heterocycles. The maximum atomic E-state index is 13.9. The number of hydrogen-bond donors (Lipinski definition) is 2. The minimum absolute atomic E-state index is 0.00746. The summed E-state index contributed by atoms with van der Waals surface area (Å²) < 4.78 is 19.2. The summed E-state index contributed by atoms with van der Waals surface area (Å²) in [5.74, 6) is -0.228.